The lowest BCUT2D eigenvalue weighted by atomic mass is 10.2. The van der Waals surface area contributed by atoms with Crippen LogP contribution < -0.4 is 9.64 Å². The molecule has 0 N–H and O–H groups in total. The highest BCUT2D eigenvalue weighted by atomic mass is 16.5. The number of nitrogens with zero attached hydrogens (tertiary/aromatic N) is 1. The van der Waals surface area contributed by atoms with Crippen molar-refractivity contribution in [1.82, 2.24) is 0 Å². The number of hydrogen-bond acceptors (Lipinski definition) is 2. The van der Waals surface area contributed by atoms with Gasteiger partial charge in [-0.2, -0.15) is 0 Å². The fraction of sp³-hybridized carbons (Fsp3) is 0.200. The first-order chi connectivity index (χ1) is 8.31. The Morgan fingerprint density at radius 3 is 2.59 bits per heavy atom. The molecule has 0 bridgehead atoms. The van der Waals surface area contributed by atoms with Crippen LogP contribution >= 0.6 is 0 Å². The van der Waals surface area contributed by atoms with Crippen molar-refractivity contribution in [2.75, 3.05) is 19.1 Å². The van der Waals surface area contributed by atoms with E-state index in [1.54, 1.807) is 7.11 Å². The van der Waals surface area contributed by atoms with Crippen molar-refractivity contribution < 1.29 is 4.74 Å². The summed E-state index contributed by atoms with van der Waals surface area (Å²) in [4.78, 5) is 2.13. The standard InChI is InChI=1S/C15H16NO/c1-16(12-13-8-4-3-5-9-13)14-10-6-7-11-15(14)17-2/h3-9,11H,12H2,1-2H3. The average molecular weight is 226 g/mol. The Hall–Kier alpha value is -1.96. The lowest BCUT2D eigenvalue weighted by molar-refractivity contribution is 0.414. The van der Waals surface area contributed by atoms with E-state index in [2.05, 4.69) is 35.2 Å². The number of methoxy groups -OCH3 is 1. The van der Waals surface area contributed by atoms with E-state index in [0.29, 0.717) is 0 Å². The zero-order valence-corrected chi connectivity index (χ0v) is 10.2. The van der Waals surface area contributed by atoms with E-state index in [-0.39, 0.29) is 0 Å². The van der Waals surface area contributed by atoms with Gasteiger partial charge in [-0.25, -0.2) is 0 Å². The molecule has 0 aliphatic carbocycles. The highest BCUT2D eigenvalue weighted by molar-refractivity contribution is 5.57. The Labute approximate surface area is 102 Å². The molecule has 0 amide bonds. The van der Waals surface area contributed by atoms with Crippen molar-refractivity contribution in [2.24, 2.45) is 0 Å². The summed E-state index contributed by atoms with van der Waals surface area (Å²) in [7, 11) is 3.73. The van der Waals surface area contributed by atoms with E-state index in [0.717, 1.165) is 18.0 Å². The number of para-hydroxylation sites is 1. The van der Waals surface area contributed by atoms with Crippen LogP contribution in [0.25, 0.3) is 0 Å². The predicted molar refractivity (Wildman–Crippen MR) is 70.4 cm³/mol. The van der Waals surface area contributed by atoms with E-state index >= 15 is 0 Å². The van der Waals surface area contributed by atoms with Crippen LogP contribution in [0.2, 0.25) is 0 Å². The lowest BCUT2D eigenvalue weighted by Gasteiger charge is -2.21. The SMILES string of the molecule is COc1ccc[c]c1N(C)Cc1ccccc1. The monoisotopic (exact) mass is 226 g/mol. The van der Waals surface area contributed by atoms with Gasteiger partial charge in [-0.3, -0.25) is 0 Å². The Kier molecular flexibility index (Phi) is 3.66. The van der Waals surface area contributed by atoms with Gasteiger partial charge in [0.15, 0.2) is 0 Å². The zero-order valence-electron chi connectivity index (χ0n) is 10.2. The summed E-state index contributed by atoms with van der Waals surface area (Å²) >= 11 is 0. The number of ether oxygens (including phenoxy) is 1. The molecule has 0 atom stereocenters. The number of hydrogen-bond donors (Lipinski definition) is 0. The van der Waals surface area contributed by atoms with Crippen molar-refractivity contribution in [2.45, 2.75) is 6.54 Å². The molecule has 0 aromatic heterocycles. The van der Waals surface area contributed by atoms with E-state index in [1.165, 1.54) is 5.56 Å². The second-order valence-electron chi connectivity index (χ2n) is 3.93. The zero-order chi connectivity index (χ0) is 12.1. The Morgan fingerprint density at radius 2 is 1.88 bits per heavy atom. The van der Waals surface area contributed by atoms with Crippen molar-refractivity contribution in [3.05, 3.63) is 60.2 Å². The minimum absolute atomic E-state index is 0.845. The Balaban J connectivity index is 2.17. The second-order valence-corrected chi connectivity index (χ2v) is 3.93. The number of benzene rings is 2. The highest BCUT2D eigenvalue weighted by Crippen LogP contribution is 2.26. The molecule has 0 aliphatic heterocycles. The fourth-order valence-corrected chi connectivity index (χ4v) is 1.81. The average Bonchev–Trinajstić information content (AvgIpc) is 2.40. The fourth-order valence-electron chi connectivity index (χ4n) is 1.81. The third-order valence-corrected chi connectivity index (χ3v) is 2.66. The first-order valence-corrected chi connectivity index (χ1v) is 5.61. The van der Waals surface area contributed by atoms with Gasteiger partial charge in [-0.05, 0) is 11.6 Å². The largest absolute Gasteiger partial charge is 0.495 e. The van der Waals surface area contributed by atoms with Crippen molar-refractivity contribution in [3.8, 4) is 5.75 Å². The first kappa shape index (κ1) is 11.5. The molecule has 0 unspecified atom stereocenters. The number of anilines is 1. The molecule has 0 fully saturated rings. The quantitative estimate of drug-likeness (QED) is 0.794. The summed E-state index contributed by atoms with van der Waals surface area (Å²) in [5.41, 5.74) is 2.26. The summed E-state index contributed by atoms with van der Waals surface area (Å²) in [5, 5.41) is 0. The topological polar surface area (TPSA) is 12.5 Å². The van der Waals surface area contributed by atoms with Gasteiger partial charge in [-0.1, -0.05) is 42.5 Å². The van der Waals surface area contributed by atoms with Gasteiger partial charge < -0.3 is 9.64 Å². The molecule has 2 heteroatoms. The minimum atomic E-state index is 0.845. The summed E-state index contributed by atoms with van der Waals surface area (Å²) in [6, 6.07) is 19.4. The maximum absolute atomic E-state index is 5.33. The third-order valence-electron chi connectivity index (χ3n) is 2.66. The smallest absolute Gasteiger partial charge is 0.142 e. The Morgan fingerprint density at radius 1 is 1.12 bits per heavy atom. The van der Waals surface area contributed by atoms with Crippen LogP contribution in [0.15, 0.2) is 48.5 Å². The van der Waals surface area contributed by atoms with Crippen molar-refractivity contribution in [3.63, 3.8) is 0 Å². The summed E-state index contributed by atoms with van der Waals surface area (Å²) < 4.78 is 5.33. The van der Waals surface area contributed by atoms with Crippen molar-refractivity contribution in [1.29, 1.82) is 0 Å². The highest BCUT2D eigenvalue weighted by Gasteiger charge is 2.07. The molecule has 17 heavy (non-hydrogen) atoms. The minimum Gasteiger partial charge on any atom is -0.495 e. The van der Waals surface area contributed by atoms with E-state index in [1.807, 2.05) is 31.3 Å². The molecule has 0 saturated carbocycles. The molecule has 2 aromatic carbocycles. The molecule has 2 rings (SSSR count). The van der Waals surface area contributed by atoms with Crippen molar-refractivity contribution >= 4 is 5.69 Å². The molecule has 2 nitrogen and oxygen atoms in total. The molecular formula is C15H16NO. The Bertz CT molecular complexity index is 467. The summed E-state index contributed by atoms with van der Waals surface area (Å²) in [6.45, 7) is 0.845. The van der Waals surface area contributed by atoms with Crippen LogP contribution in [0.4, 0.5) is 5.69 Å². The van der Waals surface area contributed by atoms with E-state index in [4.69, 9.17) is 4.74 Å². The normalized spacial score (nSPS) is 10.0. The van der Waals surface area contributed by atoms with Gasteiger partial charge >= 0.3 is 0 Å². The van der Waals surface area contributed by atoms with Crippen LogP contribution in [0.5, 0.6) is 5.75 Å². The van der Waals surface area contributed by atoms with Crippen LogP contribution in [0.3, 0.4) is 0 Å². The first-order valence-electron chi connectivity index (χ1n) is 5.61. The van der Waals surface area contributed by atoms with Gasteiger partial charge in [0.2, 0.25) is 0 Å². The second kappa shape index (κ2) is 5.39. The van der Waals surface area contributed by atoms with Gasteiger partial charge in [0.1, 0.15) is 5.75 Å². The molecule has 0 spiro atoms. The number of rotatable bonds is 4. The molecule has 0 aliphatic rings. The van der Waals surface area contributed by atoms with Gasteiger partial charge in [0, 0.05) is 19.7 Å². The molecule has 1 radical (unpaired) electrons. The van der Waals surface area contributed by atoms with Gasteiger partial charge in [0.25, 0.3) is 0 Å². The lowest BCUT2D eigenvalue weighted by Crippen LogP contribution is -2.17. The summed E-state index contributed by atoms with van der Waals surface area (Å²) in [6.07, 6.45) is 0. The molecule has 2 aromatic rings. The van der Waals surface area contributed by atoms with Crippen LogP contribution in [0.1, 0.15) is 5.56 Å². The molecule has 0 saturated heterocycles. The molecular weight excluding hydrogens is 210 g/mol. The molecule has 0 heterocycles. The van der Waals surface area contributed by atoms with E-state index < -0.39 is 0 Å². The predicted octanol–water partition coefficient (Wildman–Crippen LogP) is 3.13. The third kappa shape index (κ3) is 2.78. The van der Waals surface area contributed by atoms with Crippen LogP contribution in [-0.2, 0) is 6.54 Å². The van der Waals surface area contributed by atoms with Crippen LogP contribution in [0, 0.1) is 6.07 Å². The van der Waals surface area contributed by atoms with E-state index in [9.17, 15) is 0 Å². The maximum atomic E-state index is 5.33. The van der Waals surface area contributed by atoms with Gasteiger partial charge in [0.05, 0.1) is 12.8 Å². The van der Waals surface area contributed by atoms with Crippen LogP contribution in [-0.4, -0.2) is 14.2 Å². The molecule has 87 valence electrons. The van der Waals surface area contributed by atoms with Gasteiger partial charge in [-0.15, -0.1) is 0 Å². The maximum Gasteiger partial charge on any atom is 0.142 e. The summed E-state index contributed by atoms with van der Waals surface area (Å²) in [5.74, 6) is 0.853.